The van der Waals surface area contributed by atoms with Crippen molar-refractivity contribution in [3.63, 3.8) is 0 Å². The molecule has 0 atom stereocenters. The lowest BCUT2D eigenvalue weighted by Crippen LogP contribution is -2.09. The number of carbonyl (C=O) groups excluding carboxylic acids is 1. The molecule has 0 amide bonds. The molecule has 3 heteroatoms. The van der Waals surface area contributed by atoms with Crippen molar-refractivity contribution in [3.05, 3.63) is 146 Å². The van der Waals surface area contributed by atoms with Crippen LogP contribution in [0.1, 0.15) is 5.56 Å². The lowest BCUT2D eigenvalue weighted by atomic mass is 10.0. The first-order valence-electron chi connectivity index (χ1n) is 12.2. The Kier molecular flexibility index (Phi) is 6.95. The zero-order chi connectivity index (χ0) is 25.6. The summed E-state index contributed by atoms with van der Waals surface area (Å²) >= 11 is 0. The molecule has 37 heavy (non-hydrogen) atoms. The topological polar surface area (TPSA) is 29.5 Å². The van der Waals surface area contributed by atoms with Crippen LogP contribution in [0.2, 0.25) is 0 Å². The van der Waals surface area contributed by atoms with Crippen molar-refractivity contribution >= 4 is 23.0 Å². The fourth-order valence-electron chi connectivity index (χ4n) is 4.25. The quantitative estimate of drug-likeness (QED) is 0.132. The average molecular weight is 482 g/mol. The second-order valence-corrected chi connectivity index (χ2v) is 8.78. The van der Waals surface area contributed by atoms with Crippen LogP contribution in [0.3, 0.4) is 0 Å². The number of hydrogen-bond donors (Lipinski definition) is 0. The second-order valence-electron chi connectivity index (χ2n) is 8.78. The minimum atomic E-state index is -0.467. The van der Waals surface area contributed by atoms with Gasteiger partial charge in [-0.3, -0.25) is 0 Å². The minimum absolute atomic E-state index is 0.467. The molecule has 0 saturated heterocycles. The van der Waals surface area contributed by atoms with Gasteiger partial charge in [0.25, 0.3) is 0 Å². The molecule has 0 aromatic heterocycles. The number of hydrogen-bond acceptors (Lipinski definition) is 3. The van der Waals surface area contributed by atoms with Crippen LogP contribution in [0.4, 0.5) is 17.1 Å². The van der Waals surface area contributed by atoms with Crippen molar-refractivity contribution in [1.29, 1.82) is 0 Å². The maximum absolute atomic E-state index is 11.4. The average Bonchev–Trinajstić information content (AvgIpc) is 2.96. The summed E-state index contributed by atoms with van der Waals surface area (Å²) in [5.74, 6) is 0.0277. The van der Waals surface area contributed by atoms with Crippen LogP contribution in [0.15, 0.2) is 140 Å². The van der Waals surface area contributed by atoms with Gasteiger partial charge >= 0.3 is 5.97 Å². The molecule has 0 saturated carbocycles. The lowest BCUT2D eigenvalue weighted by molar-refractivity contribution is -0.128. The van der Waals surface area contributed by atoms with E-state index in [9.17, 15) is 4.79 Å². The summed E-state index contributed by atoms with van der Waals surface area (Å²) in [6.45, 7) is 5.53. The number of aryl methyl sites for hydroxylation is 1. The molecule has 0 unspecified atom stereocenters. The van der Waals surface area contributed by atoms with Gasteiger partial charge < -0.3 is 9.64 Å². The van der Waals surface area contributed by atoms with Gasteiger partial charge in [-0.15, -0.1) is 0 Å². The van der Waals surface area contributed by atoms with Crippen LogP contribution in [-0.4, -0.2) is 5.97 Å². The summed E-state index contributed by atoms with van der Waals surface area (Å²) in [4.78, 5) is 13.7. The van der Waals surface area contributed by atoms with Crippen LogP contribution >= 0.6 is 0 Å². The Hall–Kier alpha value is -4.89. The van der Waals surface area contributed by atoms with Crippen molar-refractivity contribution in [2.24, 2.45) is 0 Å². The lowest BCUT2D eigenvalue weighted by Gasteiger charge is -2.26. The van der Waals surface area contributed by atoms with Gasteiger partial charge in [0, 0.05) is 23.1 Å². The Balaban J connectivity index is 1.45. The highest BCUT2D eigenvalue weighted by atomic mass is 16.5. The number of nitrogens with zero attached hydrogens (tertiary/aromatic N) is 1. The predicted octanol–water partition coefficient (Wildman–Crippen LogP) is 8.89. The Morgan fingerprint density at radius 2 is 1.00 bits per heavy atom. The summed E-state index contributed by atoms with van der Waals surface area (Å²) in [6.07, 6.45) is 1.15. The molecule has 0 aliphatic carbocycles. The van der Waals surface area contributed by atoms with E-state index in [4.69, 9.17) is 4.74 Å². The van der Waals surface area contributed by atoms with Gasteiger partial charge in [0.1, 0.15) is 5.75 Å². The summed E-state index contributed by atoms with van der Waals surface area (Å²) in [5, 5.41) is 0. The van der Waals surface area contributed by atoms with Crippen molar-refractivity contribution in [2.45, 2.75) is 6.92 Å². The summed E-state index contributed by atoms with van der Waals surface area (Å²) in [7, 11) is 0. The maximum atomic E-state index is 11.4. The molecule has 0 N–H and O–H groups in total. The molecule has 0 aliphatic rings. The van der Waals surface area contributed by atoms with Crippen molar-refractivity contribution in [3.8, 4) is 28.0 Å². The second kappa shape index (κ2) is 10.8. The van der Waals surface area contributed by atoms with Crippen LogP contribution in [-0.2, 0) is 4.79 Å². The third-order valence-corrected chi connectivity index (χ3v) is 6.22. The van der Waals surface area contributed by atoms with Gasteiger partial charge in [-0.05, 0) is 77.7 Å². The van der Waals surface area contributed by atoms with Gasteiger partial charge in [-0.1, -0.05) is 91.0 Å². The SMILES string of the molecule is C=CC(=O)Oc1ccc(-c2ccc(N(c3ccc(C)cc3)c3ccc(-c4ccccc4)cc3)cc2)cc1. The van der Waals surface area contributed by atoms with Crippen molar-refractivity contribution < 1.29 is 9.53 Å². The monoisotopic (exact) mass is 481 g/mol. The van der Waals surface area contributed by atoms with Crippen molar-refractivity contribution in [1.82, 2.24) is 0 Å². The fourth-order valence-corrected chi connectivity index (χ4v) is 4.25. The highest BCUT2D eigenvalue weighted by Gasteiger charge is 2.13. The van der Waals surface area contributed by atoms with Gasteiger partial charge in [-0.2, -0.15) is 0 Å². The zero-order valence-electron chi connectivity index (χ0n) is 20.7. The van der Waals surface area contributed by atoms with E-state index in [1.807, 2.05) is 18.2 Å². The summed E-state index contributed by atoms with van der Waals surface area (Å²) < 4.78 is 5.18. The van der Waals surface area contributed by atoms with Crippen LogP contribution in [0.5, 0.6) is 5.75 Å². The summed E-state index contributed by atoms with van der Waals surface area (Å²) in [5.41, 5.74) is 8.98. The number of rotatable bonds is 7. The molecule has 0 radical (unpaired) electrons. The number of ether oxygens (including phenoxy) is 1. The zero-order valence-corrected chi connectivity index (χ0v) is 20.7. The smallest absolute Gasteiger partial charge is 0.335 e. The van der Waals surface area contributed by atoms with E-state index in [-0.39, 0.29) is 0 Å². The summed E-state index contributed by atoms with van der Waals surface area (Å²) in [6, 6.07) is 43.6. The predicted molar refractivity (Wildman–Crippen MR) is 153 cm³/mol. The van der Waals surface area contributed by atoms with E-state index in [2.05, 4.69) is 115 Å². The largest absolute Gasteiger partial charge is 0.423 e. The van der Waals surface area contributed by atoms with E-state index in [1.54, 1.807) is 12.1 Å². The van der Waals surface area contributed by atoms with E-state index in [0.717, 1.165) is 34.3 Å². The first-order valence-corrected chi connectivity index (χ1v) is 12.2. The Bertz CT molecular complexity index is 1490. The van der Waals surface area contributed by atoms with E-state index >= 15 is 0 Å². The van der Waals surface area contributed by atoms with Crippen molar-refractivity contribution in [2.75, 3.05) is 4.90 Å². The number of benzene rings is 5. The third-order valence-electron chi connectivity index (χ3n) is 6.22. The minimum Gasteiger partial charge on any atom is -0.423 e. The van der Waals surface area contributed by atoms with Crippen LogP contribution < -0.4 is 9.64 Å². The molecule has 0 bridgehead atoms. The van der Waals surface area contributed by atoms with Gasteiger partial charge in [-0.25, -0.2) is 4.79 Å². The Morgan fingerprint density at radius 1 is 0.595 bits per heavy atom. The molecule has 5 aromatic carbocycles. The van der Waals surface area contributed by atoms with E-state index < -0.39 is 5.97 Å². The molecule has 180 valence electrons. The number of carbonyl (C=O) groups is 1. The molecule has 0 spiro atoms. The maximum Gasteiger partial charge on any atom is 0.335 e. The van der Waals surface area contributed by atoms with E-state index in [1.165, 1.54) is 16.7 Å². The van der Waals surface area contributed by atoms with Crippen LogP contribution in [0, 0.1) is 6.92 Å². The van der Waals surface area contributed by atoms with Gasteiger partial charge in [0.15, 0.2) is 0 Å². The molecule has 5 rings (SSSR count). The molecule has 0 fully saturated rings. The Morgan fingerprint density at radius 3 is 1.46 bits per heavy atom. The molecule has 0 aliphatic heterocycles. The molecule has 3 nitrogen and oxygen atoms in total. The van der Waals surface area contributed by atoms with Gasteiger partial charge in [0.05, 0.1) is 0 Å². The first kappa shape index (κ1) is 23.8. The third kappa shape index (κ3) is 5.52. The fraction of sp³-hybridized carbons (Fsp3) is 0.0294. The molecular formula is C34H27NO2. The number of anilines is 3. The van der Waals surface area contributed by atoms with Gasteiger partial charge in [0.2, 0.25) is 0 Å². The van der Waals surface area contributed by atoms with E-state index in [0.29, 0.717) is 5.75 Å². The Labute approximate surface area is 217 Å². The van der Waals surface area contributed by atoms with Crippen LogP contribution in [0.25, 0.3) is 22.3 Å². The number of esters is 1. The molecule has 0 heterocycles. The molecular weight excluding hydrogens is 454 g/mol. The standard InChI is InChI=1S/C34H27NO2/c1-3-34(36)37-33-23-15-29(16-24-33)28-13-21-32(22-14-28)35(30-17-9-25(2)10-18-30)31-19-11-27(12-20-31)26-7-5-4-6-8-26/h3-24H,1H2,2H3. The first-order chi connectivity index (χ1) is 18.1. The highest BCUT2D eigenvalue weighted by molar-refractivity contribution is 5.83. The normalized spacial score (nSPS) is 10.5. The molecule has 5 aromatic rings. The highest BCUT2D eigenvalue weighted by Crippen LogP contribution is 2.36.